The third-order valence-electron chi connectivity index (χ3n) is 8.06. The molecule has 2 aliphatic heterocycles. The predicted molar refractivity (Wildman–Crippen MR) is 153 cm³/mol. The molecule has 0 bridgehead atoms. The first-order valence-corrected chi connectivity index (χ1v) is 14.2. The number of rotatable bonds is 5. The SMILES string of the molecule is CCO/C(=C(\Br)c1cc(C)cc2ccccc12)c1ccc2n[nH]c(C3CCN4CCCCC4C3)c2c1. The fraction of sp³-hybridized carbons (Fsp3) is 0.387. The van der Waals surface area contributed by atoms with Crippen molar-refractivity contribution >= 4 is 47.8 Å². The summed E-state index contributed by atoms with van der Waals surface area (Å²) in [7, 11) is 0. The van der Waals surface area contributed by atoms with Crippen LogP contribution in [0.5, 0.6) is 0 Å². The lowest BCUT2D eigenvalue weighted by Gasteiger charge is -2.42. The molecular weight excluding hydrogens is 510 g/mol. The molecule has 0 amide bonds. The number of aromatic nitrogens is 2. The van der Waals surface area contributed by atoms with Crippen molar-refractivity contribution in [1.82, 2.24) is 15.1 Å². The van der Waals surface area contributed by atoms with Gasteiger partial charge in [-0.05, 0) is 103 Å². The van der Waals surface area contributed by atoms with Crippen LogP contribution in [0.3, 0.4) is 0 Å². The lowest BCUT2D eigenvalue weighted by Crippen LogP contribution is -2.44. The second kappa shape index (κ2) is 10.0. The van der Waals surface area contributed by atoms with Crippen molar-refractivity contribution in [2.24, 2.45) is 0 Å². The molecule has 186 valence electrons. The Morgan fingerprint density at radius 3 is 2.83 bits per heavy atom. The van der Waals surface area contributed by atoms with E-state index in [1.165, 1.54) is 72.6 Å². The Balaban J connectivity index is 1.42. The number of benzene rings is 3. The van der Waals surface area contributed by atoms with Gasteiger partial charge in [0.05, 0.1) is 16.6 Å². The zero-order chi connectivity index (χ0) is 24.6. The van der Waals surface area contributed by atoms with Crippen LogP contribution in [0.25, 0.3) is 31.9 Å². The van der Waals surface area contributed by atoms with E-state index in [4.69, 9.17) is 9.84 Å². The highest BCUT2D eigenvalue weighted by Gasteiger charge is 2.32. The summed E-state index contributed by atoms with van der Waals surface area (Å²) in [5, 5.41) is 11.8. The largest absolute Gasteiger partial charge is 0.492 e. The minimum absolute atomic E-state index is 0.535. The Bertz CT molecular complexity index is 1440. The lowest BCUT2D eigenvalue weighted by atomic mass is 9.83. The Hall–Kier alpha value is -2.63. The first-order valence-electron chi connectivity index (χ1n) is 13.4. The maximum absolute atomic E-state index is 6.31. The van der Waals surface area contributed by atoms with Gasteiger partial charge in [0.15, 0.2) is 0 Å². The van der Waals surface area contributed by atoms with E-state index < -0.39 is 0 Å². The monoisotopic (exact) mass is 543 g/mol. The molecule has 3 aromatic carbocycles. The third kappa shape index (κ3) is 4.37. The van der Waals surface area contributed by atoms with E-state index in [2.05, 4.69) is 87.4 Å². The number of nitrogens with zero attached hydrogens (tertiary/aromatic N) is 2. The van der Waals surface area contributed by atoms with Crippen molar-refractivity contribution in [3.8, 4) is 0 Å². The number of fused-ring (bicyclic) bond motifs is 3. The molecule has 4 aromatic rings. The van der Waals surface area contributed by atoms with Crippen molar-refractivity contribution in [1.29, 1.82) is 0 Å². The van der Waals surface area contributed by atoms with E-state index >= 15 is 0 Å². The Kier molecular flexibility index (Phi) is 6.61. The summed E-state index contributed by atoms with van der Waals surface area (Å²) in [6, 6.07) is 20.3. The zero-order valence-corrected chi connectivity index (χ0v) is 22.8. The number of aromatic amines is 1. The van der Waals surface area contributed by atoms with Crippen LogP contribution in [0.2, 0.25) is 0 Å². The molecule has 1 N–H and O–H groups in total. The minimum Gasteiger partial charge on any atom is -0.492 e. The topological polar surface area (TPSA) is 41.1 Å². The van der Waals surface area contributed by atoms with Crippen LogP contribution >= 0.6 is 15.9 Å². The summed E-state index contributed by atoms with van der Waals surface area (Å²) >= 11 is 3.96. The molecule has 0 saturated carbocycles. The normalized spacial score (nSPS) is 21.4. The molecule has 2 aliphatic rings. The summed E-state index contributed by atoms with van der Waals surface area (Å²) in [5.41, 5.74) is 5.81. The molecule has 2 unspecified atom stereocenters. The molecule has 0 spiro atoms. The highest BCUT2D eigenvalue weighted by molar-refractivity contribution is 9.15. The number of H-pyrrole nitrogens is 1. The zero-order valence-electron chi connectivity index (χ0n) is 21.2. The lowest BCUT2D eigenvalue weighted by molar-refractivity contribution is 0.0968. The summed E-state index contributed by atoms with van der Waals surface area (Å²) in [5.74, 6) is 1.41. The molecule has 1 aromatic heterocycles. The van der Waals surface area contributed by atoms with Gasteiger partial charge in [-0.15, -0.1) is 0 Å². The second-order valence-corrected chi connectivity index (χ2v) is 11.2. The fourth-order valence-electron chi connectivity index (χ4n) is 6.32. The highest BCUT2D eigenvalue weighted by atomic mass is 79.9. The summed E-state index contributed by atoms with van der Waals surface area (Å²) in [4.78, 5) is 2.71. The molecule has 2 atom stereocenters. The quantitative estimate of drug-likeness (QED) is 0.204. The number of hydrogen-bond donors (Lipinski definition) is 1. The molecule has 36 heavy (non-hydrogen) atoms. The van der Waals surface area contributed by atoms with Crippen molar-refractivity contribution in [2.75, 3.05) is 19.7 Å². The number of aryl methyl sites for hydroxylation is 1. The maximum atomic E-state index is 6.31. The third-order valence-corrected chi connectivity index (χ3v) is 8.84. The van der Waals surface area contributed by atoms with E-state index in [-0.39, 0.29) is 0 Å². The van der Waals surface area contributed by atoms with Gasteiger partial charge in [-0.25, -0.2) is 0 Å². The second-order valence-electron chi connectivity index (χ2n) is 10.4. The minimum atomic E-state index is 0.535. The van der Waals surface area contributed by atoms with Gasteiger partial charge < -0.3 is 9.64 Å². The first-order chi connectivity index (χ1) is 17.6. The molecule has 0 aliphatic carbocycles. The van der Waals surface area contributed by atoms with Crippen LogP contribution in [-0.4, -0.2) is 40.8 Å². The van der Waals surface area contributed by atoms with E-state index in [1.807, 2.05) is 6.92 Å². The molecular formula is C31H34BrN3O. The van der Waals surface area contributed by atoms with E-state index in [1.54, 1.807) is 0 Å². The Morgan fingerprint density at radius 1 is 1.06 bits per heavy atom. The van der Waals surface area contributed by atoms with E-state index in [0.717, 1.165) is 32.9 Å². The van der Waals surface area contributed by atoms with Crippen molar-refractivity contribution in [2.45, 2.75) is 57.9 Å². The standard InChI is InChI=1S/C31H34BrN3O/c1-3-36-31(29(32)26-17-20(2)16-21-8-4-5-10-25(21)26)23-11-12-28-27(19-23)30(34-33-28)22-13-15-35-14-7-6-9-24(35)18-22/h4-5,8,10-12,16-17,19,22,24H,3,6-7,9,13-15,18H2,1-2H3,(H,33,34)/b31-29-. The van der Waals surface area contributed by atoms with Crippen LogP contribution in [0, 0.1) is 6.92 Å². The Labute approximate surface area is 221 Å². The van der Waals surface area contributed by atoms with Gasteiger partial charge in [0, 0.05) is 34.2 Å². The Morgan fingerprint density at radius 2 is 1.94 bits per heavy atom. The number of ether oxygens (including phenoxy) is 1. The van der Waals surface area contributed by atoms with E-state index in [0.29, 0.717) is 12.5 Å². The summed E-state index contributed by atoms with van der Waals surface area (Å²) in [6.07, 6.45) is 6.49. The average Bonchev–Trinajstić information content (AvgIpc) is 3.34. The van der Waals surface area contributed by atoms with E-state index in [9.17, 15) is 0 Å². The van der Waals surface area contributed by atoms with Crippen molar-refractivity contribution in [3.63, 3.8) is 0 Å². The number of nitrogens with one attached hydrogen (secondary N) is 1. The van der Waals surface area contributed by atoms with Gasteiger partial charge >= 0.3 is 0 Å². The number of hydrogen-bond acceptors (Lipinski definition) is 3. The van der Waals surface area contributed by atoms with Crippen LogP contribution in [0.1, 0.15) is 67.3 Å². The van der Waals surface area contributed by atoms with Crippen molar-refractivity contribution < 1.29 is 4.74 Å². The van der Waals surface area contributed by atoms with Crippen molar-refractivity contribution in [3.05, 3.63) is 77.0 Å². The highest BCUT2D eigenvalue weighted by Crippen LogP contribution is 2.40. The van der Waals surface area contributed by atoms with Crippen LogP contribution in [0.4, 0.5) is 0 Å². The smallest absolute Gasteiger partial charge is 0.141 e. The predicted octanol–water partition coefficient (Wildman–Crippen LogP) is 8.01. The molecule has 3 heterocycles. The van der Waals surface area contributed by atoms with Crippen LogP contribution in [-0.2, 0) is 4.74 Å². The molecule has 0 radical (unpaired) electrons. The number of halogens is 1. The molecule has 6 rings (SSSR count). The first kappa shape index (κ1) is 23.7. The number of piperidine rings is 2. The van der Waals surface area contributed by atoms with Gasteiger partial charge in [0.25, 0.3) is 0 Å². The fourth-order valence-corrected chi connectivity index (χ4v) is 6.99. The summed E-state index contributed by atoms with van der Waals surface area (Å²) in [6.45, 7) is 7.28. The van der Waals surface area contributed by atoms with Crippen LogP contribution < -0.4 is 0 Å². The molecule has 4 nitrogen and oxygen atoms in total. The van der Waals surface area contributed by atoms with Crippen LogP contribution in [0.15, 0.2) is 54.6 Å². The van der Waals surface area contributed by atoms with Gasteiger partial charge in [-0.2, -0.15) is 5.10 Å². The molecule has 2 fully saturated rings. The molecule has 2 saturated heterocycles. The maximum Gasteiger partial charge on any atom is 0.141 e. The van der Waals surface area contributed by atoms with Gasteiger partial charge in [0.1, 0.15) is 5.76 Å². The molecule has 5 heteroatoms. The van der Waals surface area contributed by atoms with Gasteiger partial charge in [-0.3, -0.25) is 5.10 Å². The average molecular weight is 545 g/mol. The summed E-state index contributed by atoms with van der Waals surface area (Å²) < 4.78 is 7.30. The van der Waals surface area contributed by atoms with Gasteiger partial charge in [0.2, 0.25) is 0 Å². The van der Waals surface area contributed by atoms with Gasteiger partial charge in [-0.1, -0.05) is 42.8 Å².